The zero-order valence-corrected chi connectivity index (χ0v) is 25.0. The van der Waals surface area contributed by atoms with Gasteiger partial charge < -0.3 is 28.8 Å². The minimum atomic E-state index is -1.02. The number of esters is 3. The minimum absolute atomic E-state index is 0.00446. The van der Waals surface area contributed by atoms with Gasteiger partial charge in [-0.2, -0.15) is 0 Å². The van der Waals surface area contributed by atoms with Gasteiger partial charge in [0.1, 0.15) is 17.8 Å². The first-order valence-corrected chi connectivity index (χ1v) is 13.6. The summed E-state index contributed by atoms with van der Waals surface area (Å²) in [4.78, 5) is 37.8. The van der Waals surface area contributed by atoms with E-state index >= 15 is 0 Å². The van der Waals surface area contributed by atoms with Crippen LogP contribution < -0.4 is 0 Å². The summed E-state index contributed by atoms with van der Waals surface area (Å²) in [5.41, 5.74) is -0.550. The van der Waals surface area contributed by atoms with Gasteiger partial charge in [0.05, 0.1) is 23.9 Å². The van der Waals surface area contributed by atoms with Crippen LogP contribution in [0.1, 0.15) is 82.1 Å². The summed E-state index contributed by atoms with van der Waals surface area (Å²) >= 11 is 0. The van der Waals surface area contributed by atoms with Crippen LogP contribution in [0.5, 0.6) is 0 Å². The summed E-state index contributed by atoms with van der Waals surface area (Å²) in [6.45, 7) is 21.4. The van der Waals surface area contributed by atoms with Crippen molar-refractivity contribution in [2.24, 2.45) is 5.92 Å². The quantitative estimate of drug-likeness (QED) is 0.124. The second-order valence-electron chi connectivity index (χ2n) is 11.5. The Morgan fingerprint density at radius 2 is 1.64 bits per heavy atom. The number of fused-ring (bicyclic) bond motifs is 1. The molecule has 1 aliphatic carbocycles. The van der Waals surface area contributed by atoms with Crippen LogP contribution in [0, 0.1) is 5.92 Å². The Bertz CT molecular complexity index is 1010. The average molecular weight is 551 g/mol. The second-order valence-corrected chi connectivity index (χ2v) is 11.5. The molecule has 0 bridgehead atoms. The molecule has 0 radical (unpaired) electrons. The Kier molecular flexibility index (Phi) is 10.7. The molecule has 1 N–H and O–H groups in total. The van der Waals surface area contributed by atoms with E-state index < -0.39 is 59.4 Å². The van der Waals surface area contributed by atoms with Gasteiger partial charge >= 0.3 is 17.9 Å². The number of carbonyl (C=O) groups is 3. The number of hydrogen-bond acceptors (Lipinski definition) is 9. The van der Waals surface area contributed by atoms with E-state index in [1.165, 1.54) is 6.92 Å². The number of aliphatic hydroxyl groups is 1. The highest BCUT2D eigenvalue weighted by molar-refractivity contribution is 5.88. The lowest BCUT2D eigenvalue weighted by atomic mass is 9.73. The zero-order valence-electron chi connectivity index (χ0n) is 25.0. The van der Waals surface area contributed by atoms with Crippen molar-refractivity contribution in [1.29, 1.82) is 0 Å². The lowest BCUT2D eigenvalue weighted by molar-refractivity contribution is -0.176. The van der Waals surface area contributed by atoms with Gasteiger partial charge in [0, 0.05) is 30.4 Å². The molecule has 1 saturated heterocycles. The van der Waals surface area contributed by atoms with Gasteiger partial charge in [-0.3, -0.25) is 4.79 Å². The molecule has 0 aromatic heterocycles. The average Bonchev–Trinajstić information content (AvgIpc) is 3.52. The Balaban J connectivity index is 2.46. The highest BCUT2D eigenvalue weighted by atomic mass is 16.7. The maximum absolute atomic E-state index is 12.9. The lowest BCUT2D eigenvalue weighted by Gasteiger charge is -2.41. The third-order valence-corrected chi connectivity index (χ3v) is 7.67. The van der Waals surface area contributed by atoms with Crippen LogP contribution in [-0.4, -0.2) is 70.8 Å². The number of aliphatic hydroxyl groups excluding tert-OH is 1. The number of rotatable bonds is 12. The molecule has 2 fully saturated rings. The zero-order chi connectivity index (χ0) is 29.9. The van der Waals surface area contributed by atoms with Crippen molar-refractivity contribution in [3.63, 3.8) is 0 Å². The largest absolute Gasteiger partial charge is 0.458 e. The molecule has 7 atom stereocenters. The predicted molar refractivity (Wildman–Crippen MR) is 146 cm³/mol. The molecule has 1 heterocycles. The summed E-state index contributed by atoms with van der Waals surface area (Å²) < 4.78 is 29.4. The molecule has 220 valence electrons. The molecule has 0 aromatic rings. The van der Waals surface area contributed by atoms with E-state index in [4.69, 9.17) is 23.7 Å². The summed E-state index contributed by atoms with van der Waals surface area (Å²) in [6, 6.07) is 0. The summed E-state index contributed by atoms with van der Waals surface area (Å²) in [7, 11) is 0. The number of epoxide rings is 1. The van der Waals surface area contributed by atoms with E-state index in [0.29, 0.717) is 23.1 Å². The Morgan fingerprint density at radius 1 is 1.08 bits per heavy atom. The standard InChI is InChI=1S/C30H46O9/c1-12-17(5)27(33)36-22(15-23(32)29(9,10)38-16(3)4)19(7)21-14-24-30(11,39-24)26(25(21)35-20(8)31)37-28(34)18(6)13-2/h12-13,16,21-26,32H,7,14-15H2,1-6,8-11H3. The maximum Gasteiger partial charge on any atom is 0.333 e. The van der Waals surface area contributed by atoms with Crippen molar-refractivity contribution in [3.8, 4) is 0 Å². The lowest BCUT2D eigenvalue weighted by Crippen LogP contribution is -2.54. The molecule has 2 rings (SSSR count). The van der Waals surface area contributed by atoms with E-state index in [1.54, 1.807) is 53.7 Å². The van der Waals surface area contributed by atoms with Crippen LogP contribution in [0.3, 0.4) is 0 Å². The van der Waals surface area contributed by atoms with Crippen molar-refractivity contribution in [1.82, 2.24) is 0 Å². The SMILES string of the molecule is C=C(C(CC(O)C(C)(C)OC(C)C)OC(=O)C(C)=CC)C1CC2OC2(C)C(OC(=O)C(C)=CC)C1OC(C)=O. The monoisotopic (exact) mass is 550 g/mol. The molecular weight excluding hydrogens is 504 g/mol. The molecule has 1 saturated carbocycles. The van der Waals surface area contributed by atoms with Gasteiger partial charge in [-0.25, -0.2) is 9.59 Å². The topological polar surface area (TPSA) is 121 Å². The number of carbonyl (C=O) groups excluding carboxylic acids is 3. The van der Waals surface area contributed by atoms with Crippen LogP contribution in [-0.2, 0) is 38.1 Å². The molecule has 0 spiro atoms. The van der Waals surface area contributed by atoms with Gasteiger partial charge in [0.15, 0.2) is 6.10 Å². The van der Waals surface area contributed by atoms with Crippen LogP contribution in [0.15, 0.2) is 35.5 Å². The van der Waals surface area contributed by atoms with E-state index in [9.17, 15) is 19.5 Å². The van der Waals surface area contributed by atoms with Crippen LogP contribution in [0.2, 0.25) is 0 Å². The smallest absolute Gasteiger partial charge is 0.333 e. The number of allylic oxidation sites excluding steroid dienone is 2. The molecule has 9 heteroatoms. The molecule has 7 unspecified atom stereocenters. The Hall–Kier alpha value is -2.49. The van der Waals surface area contributed by atoms with Crippen molar-refractivity contribution in [3.05, 3.63) is 35.5 Å². The van der Waals surface area contributed by atoms with Crippen molar-refractivity contribution in [2.45, 2.75) is 130 Å². The van der Waals surface area contributed by atoms with E-state index in [1.807, 2.05) is 20.8 Å². The van der Waals surface area contributed by atoms with Crippen LogP contribution in [0.25, 0.3) is 0 Å². The van der Waals surface area contributed by atoms with Gasteiger partial charge in [-0.1, -0.05) is 18.7 Å². The van der Waals surface area contributed by atoms with E-state index in [-0.39, 0.29) is 18.6 Å². The number of hydrogen-bond donors (Lipinski definition) is 1. The van der Waals surface area contributed by atoms with Crippen LogP contribution in [0.4, 0.5) is 0 Å². The molecule has 2 aliphatic rings. The third kappa shape index (κ3) is 7.80. The van der Waals surface area contributed by atoms with Gasteiger partial charge in [-0.15, -0.1) is 0 Å². The summed E-state index contributed by atoms with van der Waals surface area (Å²) in [5.74, 6) is -2.24. The molecule has 39 heavy (non-hydrogen) atoms. The van der Waals surface area contributed by atoms with Crippen molar-refractivity contribution >= 4 is 17.9 Å². The molecule has 9 nitrogen and oxygen atoms in total. The Labute approximate surface area is 232 Å². The van der Waals surface area contributed by atoms with Gasteiger partial charge in [0.2, 0.25) is 0 Å². The first-order chi connectivity index (χ1) is 18.0. The first-order valence-electron chi connectivity index (χ1n) is 13.6. The molecule has 1 aliphatic heterocycles. The van der Waals surface area contributed by atoms with Crippen LogP contribution >= 0.6 is 0 Å². The minimum Gasteiger partial charge on any atom is -0.458 e. The fourth-order valence-corrected chi connectivity index (χ4v) is 4.94. The fraction of sp³-hybridized carbons (Fsp3) is 0.700. The van der Waals surface area contributed by atoms with Crippen molar-refractivity contribution in [2.75, 3.05) is 0 Å². The first kappa shape index (κ1) is 32.7. The Morgan fingerprint density at radius 3 is 2.15 bits per heavy atom. The second kappa shape index (κ2) is 12.8. The van der Waals surface area contributed by atoms with Crippen molar-refractivity contribution < 1.29 is 43.2 Å². The normalized spacial score (nSPS) is 28.7. The predicted octanol–water partition coefficient (Wildman–Crippen LogP) is 4.36. The highest BCUT2D eigenvalue weighted by Crippen LogP contribution is 2.53. The summed E-state index contributed by atoms with van der Waals surface area (Å²) in [6.07, 6.45) is -0.575. The summed E-state index contributed by atoms with van der Waals surface area (Å²) in [5, 5.41) is 11.2. The van der Waals surface area contributed by atoms with E-state index in [0.717, 1.165) is 0 Å². The number of ether oxygens (including phenoxy) is 5. The fourth-order valence-electron chi connectivity index (χ4n) is 4.94. The highest BCUT2D eigenvalue weighted by Gasteiger charge is 2.68. The van der Waals surface area contributed by atoms with Gasteiger partial charge in [0.25, 0.3) is 0 Å². The van der Waals surface area contributed by atoms with E-state index in [2.05, 4.69) is 6.58 Å². The molecule has 0 amide bonds. The van der Waals surface area contributed by atoms with Gasteiger partial charge in [-0.05, 0) is 74.3 Å². The molecular formula is C30H46O9. The maximum atomic E-state index is 12.9. The third-order valence-electron chi connectivity index (χ3n) is 7.67. The molecule has 0 aromatic carbocycles.